The van der Waals surface area contributed by atoms with Crippen molar-refractivity contribution in [3.63, 3.8) is 0 Å². The van der Waals surface area contributed by atoms with Crippen molar-refractivity contribution in [3.8, 4) is 5.75 Å². The summed E-state index contributed by atoms with van der Waals surface area (Å²) in [4.78, 5) is 10.3. The smallest absolute Gasteiger partial charge is 0.296 e. The molecule has 0 spiro atoms. The van der Waals surface area contributed by atoms with Crippen LogP contribution in [0.1, 0.15) is 16.7 Å². The highest BCUT2D eigenvalue weighted by Crippen LogP contribution is 2.18. The van der Waals surface area contributed by atoms with Crippen LogP contribution in [0, 0.1) is 23.0 Å². The van der Waals surface area contributed by atoms with Gasteiger partial charge in [0.15, 0.2) is 0 Å². The predicted molar refractivity (Wildman–Crippen MR) is 129 cm³/mol. The molecule has 0 aliphatic rings. The van der Waals surface area contributed by atoms with E-state index >= 15 is 0 Å². The largest absolute Gasteiger partial charge is 0.493 e. The van der Waals surface area contributed by atoms with E-state index in [-0.39, 0.29) is 30.4 Å². The zero-order valence-electron chi connectivity index (χ0n) is 18.5. The van der Waals surface area contributed by atoms with Crippen LogP contribution in [0.4, 0.5) is 5.69 Å². The first-order valence-corrected chi connectivity index (χ1v) is 11.9. The number of non-ortho nitro benzene ring substituents is 1. The molecule has 34 heavy (non-hydrogen) atoms. The first-order valence-electron chi connectivity index (χ1n) is 10.5. The molecule has 0 radical (unpaired) electrons. The highest BCUT2D eigenvalue weighted by molar-refractivity contribution is 7.86. The molecule has 1 unspecified atom stereocenters. The minimum Gasteiger partial charge on any atom is -0.493 e. The average Bonchev–Trinajstić information content (AvgIpc) is 2.84. The molecule has 0 bridgehead atoms. The van der Waals surface area contributed by atoms with Crippen molar-refractivity contribution in [2.24, 2.45) is 5.92 Å². The van der Waals surface area contributed by atoms with E-state index in [9.17, 15) is 23.6 Å². The van der Waals surface area contributed by atoms with Gasteiger partial charge in [-0.2, -0.15) is 8.42 Å². The Bertz CT molecular complexity index is 1220. The quantitative estimate of drug-likeness (QED) is 0.185. The lowest BCUT2D eigenvalue weighted by molar-refractivity contribution is -0.384. The van der Waals surface area contributed by atoms with E-state index < -0.39 is 21.0 Å². The maximum Gasteiger partial charge on any atom is 0.296 e. The number of ether oxygens (including phenoxy) is 1. The van der Waals surface area contributed by atoms with Gasteiger partial charge in [-0.15, -0.1) is 0 Å². The van der Waals surface area contributed by atoms with Crippen molar-refractivity contribution >= 4 is 28.0 Å². The molecule has 0 aliphatic carbocycles. The van der Waals surface area contributed by atoms with Crippen LogP contribution in [0.2, 0.25) is 0 Å². The average molecular weight is 484 g/mol. The maximum atomic E-state index is 12.3. The van der Waals surface area contributed by atoms with E-state index in [1.807, 2.05) is 31.2 Å². The summed E-state index contributed by atoms with van der Waals surface area (Å²) < 4.78 is 35.4. The number of aliphatic hydroxyl groups is 1. The van der Waals surface area contributed by atoms with Gasteiger partial charge in [-0.05, 0) is 54.4 Å². The molecule has 8 nitrogen and oxygen atoms in total. The molecule has 0 fully saturated rings. The molecule has 1 N–H and O–H groups in total. The fourth-order valence-electron chi connectivity index (χ4n) is 2.90. The molecule has 1 atom stereocenters. The van der Waals surface area contributed by atoms with Crippen molar-refractivity contribution in [2.75, 3.05) is 19.8 Å². The maximum absolute atomic E-state index is 12.3. The van der Waals surface area contributed by atoms with Gasteiger partial charge < -0.3 is 9.84 Å². The molecule has 178 valence electrons. The number of aryl methyl sites for hydroxylation is 1. The van der Waals surface area contributed by atoms with Gasteiger partial charge in [-0.3, -0.25) is 14.3 Å². The van der Waals surface area contributed by atoms with Crippen molar-refractivity contribution in [1.82, 2.24) is 0 Å². The van der Waals surface area contributed by atoms with Crippen molar-refractivity contribution in [1.29, 1.82) is 0 Å². The number of nitrogens with zero attached hydrogens (tertiary/aromatic N) is 1. The molecular weight excluding hydrogens is 458 g/mol. The molecule has 0 saturated heterocycles. The van der Waals surface area contributed by atoms with E-state index in [0.29, 0.717) is 5.75 Å². The number of hydrogen-bond donors (Lipinski definition) is 1. The van der Waals surface area contributed by atoms with Crippen molar-refractivity contribution < 1.29 is 27.4 Å². The minimum absolute atomic E-state index is 0.0398. The first-order chi connectivity index (χ1) is 16.3. The molecule has 3 aromatic rings. The van der Waals surface area contributed by atoms with Crippen LogP contribution in [-0.2, 0) is 14.3 Å². The third kappa shape index (κ3) is 7.24. The van der Waals surface area contributed by atoms with Crippen LogP contribution in [0.5, 0.6) is 5.75 Å². The Morgan fingerprint density at radius 3 is 2.00 bits per heavy atom. The topological polar surface area (TPSA) is 116 Å². The molecule has 0 heterocycles. The summed E-state index contributed by atoms with van der Waals surface area (Å²) in [7, 11) is -3.91. The Labute approximate surface area is 198 Å². The molecule has 0 aliphatic heterocycles. The molecule has 3 rings (SSSR count). The summed E-state index contributed by atoms with van der Waals surface area (Å²) in [5.74, 6) is 0.0364. The van der Waals surface area contributed by atoms with Crippen LogP contribution < -0.4 is 4.74 Å². The van der Waals surface area contributed by atoms with Crippen molar-refractivity contribution in [2.45, 2.75) is 11.8 Å². The third-order valence-electron chi connectivity index (χ3n) is 4.96. The Kier molecular flexibility index (Phi) is 8.53. The summed E-state index contributed by atoms with van der Waals surface area (Å²) in [6, 6.07) is 19.8. The summed E-state index contributed by atoms with van der Waals surface area (Å²) >= 11 is 0. The van der Waals surface area contributed by atoms with E-state index in [0.717, 1.165) is 16.7 Å². The van der Waals surface area contributed by atoms with E-state index in [4.69, 9.17) is 8.92 Å². The second-order valence-corrected chi connectivity index (χ2v) is 9.28. The Hall–Kier alpha value is -3.53. The number of nitro benzene ring substituents is 1. The third-order valence-corrected chi connectivity index (χ3v) is 6.26. The van der Waals surface area contributed by atoms with Gasteiger partial charge in [-0.1, -0.05) is 42.0 Å². The SMILES string of the molecule is Cc1ccc(S(=O)(=O)OCC(CO)COc2ccc(/C=C/c3ccc([N+](=O)[O-])cc3)cc2)cc1. The van der Waals surface area contributed by atoms with Crippen molar-refractivity contribution in [3.05, 3.63) is 99.6 Å². The lowest BCUT2D eigenvalue weighted by Gasteiger charge is -2.15. The van der Waals surface area contributed by atoms with Crippen LogP contribution in [0.15, 0.2) is 77.7 Å². The van der Waals surface area contributed by atoms with E-state index in [1.165, 1.54) is 24.3 Å². The van der Waals surface area contributed by atoms with Gasteiger partial charge in [0.1, 0.15) is 5.75 Å². The zero-order chi connectivity index (χ0) is 24.6. The summed E-state index contributed by atoms with van der Waals surface area (Å²) in [6.07, 6.45) is 3.71. The van der Waals surface area contributed by atoms with Gasteiger partial charge in [0.05, 0.1) is 29.6 Å². The Morgan fingerprint density at radius 1 is 0.912 bits per heavy atom. The summed E-state index contributed by atoms with van der Waals surface area (Å²) in [5.41, 5.74) is 2.71. The highest BCUT2D eigenvalue weighted by Gasteiger charge is 2.19. The van der Waals surface area contributed by atoms with Gasteiger partial charge in [0.2, 0.25) is 0 Å². The minimum atomic E-state index is -3.91. The predicted octanol–water partition coefficient (Wildman–Crippen LogP) is 4.47. The number of benzene rings is 3. The van der Waals surface area contributed by atoms with Crippen LogP contribution in [0.25, 0.3) is 12.2 Å². The summed E-state index contributed by atoms with van der Waals surface area (Å²) in [5, 5.41) is 20.3. The fraction of sp³-hybridized carbons (Fsp3) is 0.200. The molecule has 0 saturated carbocycles. The van der Waals surface area contributed by atoms with Crippen LogP contribution in [0.3, 0.4) is 0 Å². The summed E-state index contributed by atoms with van der Waals surface area (Å²) in [6.45, 7) is 1.44. The highest BCUT2D eigenvalue weighted by atomic mass is 32.2. The molecule has 3 aromatic carbocycles. The number of aliphatic hydroxyl groups excluding tert-OH is 1. The number of nitro groups is 1. The Balaban J connectivity index is 1.51. The second kappa shape index (κ2) is 11.6. The monoisotopic (exact) mass is 483 g/mol. The lowest BCUT2D eigenvalue weighted by atomic mass is 10.1. The van der Waals surface area contributed by atoms with Gasteiger partial charge in [0, 0.05) is 18.1 Å². The first kappa shape index (κ1) is 25.1. The molecular formula is C25H25NO7S. The van der Waals surface area contributed by atoms with Gasteiger partial charge >= 0.3 is 0 Å². The van der Waals surface area contributed by atoms with Crippen LogP contribution >= 0.6 is 0 Å². The second-order valence-electron chi connectivity index (χ2n) is 7.66. The van der Waals surface area contributed by atoms with Gasteiger partial charge in [-0.25, -0.2) is 0 Å². The fourth-order valence-corrected chi connectivity index (χ4v) is 3.88. The lowest BCUT2D eigenvalue weighted by Crippen LogP contribution is -2.23. The zero-order valence-corrected chi connectivity index (χ0v) is 19.4. The van der Waals surface area contributed by atoms with Crippen LogP contribution in [-0.4, -0.2) is 38.3 Å². The van der Waals surface area contributed by atoms with E-state index in [2.05, 4.69) is 0 Å². The Morgan fingerprint density at radius 2 is 1.47 bits per heavy atom. The molecule has 9 heteroatoms. The molecule has 0 aromatic heterocycles. The standard InChI is InChI=1S/C25H25NO7S/c1-19-2-14-25(15-3-19)34(30,31)33-18-22(16-27)17-32-24-12-8-21(9-13-24)5-4-20-6-10-23(11-7-20)26(28)29/h2-15,22,27H,16-18H2,1H3/b5-4+. The van der Waals surface area contributed by atoms with Gasteiger partial charge in [0.25, 0.3) is 15.8 Å². The molecule has 0 amide bonds. The number of rotatable bonds is 11. The normalized spacial score (nSPS) is 12.5. The number of hydrogen-bond acceptors (Lipinski definition) is 7. The van der Waals surface area contributed by atoms with E-state index in [1.54, 1.807) is 36.4 Å².